The van der Waals surface area contributed by atoms with Crippen LogP contribution in [0.4, 0.5) is 0 Å². The standard InChI is InChI=1S/C7H4N2O4/c10-4-2-1-3-5(11)8-7(12)9-6(3)13-4/h1-2H,(H2,8,9,11,12). The zero-order chi connectivity index (χ0) is 9.42. The van der Waals surface area contributed by atoms with E-state index in [0.29, 0.717) is 0 Å². The molecule has 2 aromatic rings. The van der Waals surface area contributed by atoms with Gasteiger partial charge in [0.15, 0.2) is 0 Å². The molecule has 0 aliphatic carbocycles. The Kier molecular flexibility index (Phi) is 1.42. The summed E-state index contributed by atoms with van der Waals surface area (Å²) in [6.07, 6.45) is 0. The second-order valence-corrected chi connectivity index (χ2v) is 2.41. The molecule has 6 heteroatoms. The van der Waals surface area contributed by atoms with Crippen molar-refractivity contribution in [1.29, 1.82) is 0 Å². The summed E-state index contributed by atoms with van der Waals surface area (Å²) in [6.45, 7) is 0. The molecule has 66 valence electrons. The van der Waals surface area contributed by atoms with Gasteiger partial charge in [0, 0.05) is 6.07 Å². The van der Waals surface area contributed by atoms with Crippen LogP contribution >= 0.6 is 0 Å². The maximum Gasteiger partial charge on any atom is 0.337 e. The Labute approximate surface area is 69.8 Å². The third-order valence-corrected chi connectivity index (χ3v) is 1.53. The monoisotopic (exact) mass is 180 g/mol. The normalized spacial score (nSPS) is 10.5. The topological polar surface area (TPSA) is 95.9 Å². The minimum Gasteiger partial charge on any atom is -0.405 e. The number of hydrogen-bond acceptors (Lipinski definition) is 4. The lowest BCUT2D eigenvalue weighted by Crippen LogP contribution is -2.22. The molecule has 0 bridgehead atoms. The van der Waals surface area contributed by atoms with Crippen molar-refractivity contribution in [3.63, 3.8) is 0 Å². The van der Waals surface area contributed by atoms with E-state index in [1.165, 1.54) is 6.07 Å². The first-order valence-electron chi connectivity index (χ1n) is 3.43. The summed E-state index contributed by atoms with van der Waals surface area (Å²) in [5.74, 6) is 0. The van der Waals surface area contributed by atoms with Gasteiger partial charge >= 0.3 is 11.3 Å². The van der Waals surface area contributed by atoms with E-state index in [0.717, 1.165) is 6.07 Å². The van der Waals surface area contributed by atoms with E-state index in [1.807, 2.05) is 4.98 Å². The zero-order valence-corrected chi connectivity index (χ0v) is 6.29. The minimum absolute atomic E-state index is 0.110. The first kappa shape index (κ1) is 7.53. The highest BCUT2D eigenvalue weighted by atomic mass is 16.4. The van der Waals surface area contributed by atoms with Crippen LogP contribution in [0, 0.1) is 0 Å². The van der Waals surface area contributed by atoms with Gasteiger partial charge in [0.25, 0.3) is 5.56 Å². The number of aromatic nitrogens is 2. The average Bonchev–Trinajstić information content (AvgIpc) is 2.02. The molecule has 0 saturated carbocycles. The number of rotatable bonds is 0. The number of aromatic amines is 2. The van der Waals surface area contributed by atoms with Crippen molar-refractivity contribution >= 4 is 11.1 Å². The highest BCUT2D eigenvalue weighted by molar-refractivity contribution is 5.70. The van der Waals surface area contributed by atoms with Crippen molar-refractivity contribution in [2.75, 3.05) is 0 Å². The lowest BCUT2D eigenvalue weighted by molar-refractivity contribution is 0.546. The smallest absolute Gasteiger partial charge is 0.337 e. The van der Waals surface area contributed by atoms with E-state index >= 15 is 0 Å². The van der Waals surface area contributed by atoms with E-state index in [4.69, 9.17) is 0 Å². The van der Waals surface area contributed by atoms with Gasteiger partial charge in [-0.1, -0.05) is 0 Å². The van der Waals surface area contributed by atoms with Gasteiger partial charge in [-0.25, -0.2) is 9.59 Å². The molecular weight excluding hydrogens is 176 g/mol. The molecule has 0 aliphatic rings. The summed E-state index contributed by atoms with van der Waals surface area (Å²) in [4.78, 5) is 36.7. The fourth-order valence-electron chi connectivity index (χ4n) is 0.993. The van der Waals surface area contributed by atoms with Crippen molar-refractivity contribution in [3.05, 3.63) is 43.4 Å². The maximum absolute atomic E-state index is 11.1. The molecule has 13 heavy (non-hydrogen) atoms. The van der Waals surface area contributed by atoms with Crippen LogP contribution in [0.25, 0.3) is 11.1 Å². The third-order valence-electron chi connectivity index (χ3n) is 1.53. The lowest BCUT2D eigenvalue weighted by Gasteiger charge is -1.91. The van der Waals surface area contributed by atoms with Crippen LogP contribution in [-0.2, 0) is 0 Å². The average molecular weight is 180 g/mol. The van der Waals surface area contributed by atoms with E-state index in [1.54, 1.807) is 0 Å². The fourth-order valence-corrected chi connectivity index (χ4v) is 0.993. The van der Waals surface area contributed by atoms with Crippen LogP contribution in [0.15, 0.2) is 30.9 Å². The van der Waals surface area contributed by atoms with Gasteiger partial charge in [-0.05, 0) is 6.07 Å². The summed E-state index contributed by atoms with van der Waals surface area (Å²) in [5.41, 5.74) is -2.01. The van der Waals surface area contributed by atoms with E-state index < -0.39 is 16.9 Å². The summed E-state index contributed by atoms with van der Waals surface area (Å²) < 4.78 is 4.59. The van der Waals surface area contributed by atoms with Gasteiger partial charge < -0.3 is 4.42 Å². The van der Waals surface area contributed by atoms with Gasteiger partial charge in [-0.2, -0.15) is 0 Å². The highest BCUT2D eigenvalue weighted by Crippen LogP contribution is 1.97. The molecule has 2 aromatic heterocycles. The molecule has 2 rings (SSSR count). The SMILES string of the molecule is O=c1[nH]c(=O)c2ccc(=O)oc2[nH]1. The summed E-state index contributed by atoms with van der Waals surface area (Å²) >= 11 is 0. The Hall–Kier alpha value is -2.11. The Balaban J connectivity index is 3.12. The first-order chi connectivity index (χ1) is 6.16. The number of nitrogens with one attached hydrogen (secondary N) is 2. The highest BCUT2D eigenvalue weighted by Gasteiger charge is 2.01. The third kappa shape index (κ3) is 1.18. The van der Waals surface area contributed by atoms with Crippen LogP contribution < -0.4 is 16.9 Å². The Morgan fingerprint density at radius 1 is 1.08 bits per heavy atom. The molecule has 0 unspecified atom stereocenters. The quantitative estimate of drug-likeness (QED) is 0.553. The number of hydrogen-bond donors (Lipinski definition) is 2. The largest absolute Gasteiger partial charge is 0.405 e. The number of H-pyrrole nitrogens is 2. The molecule has 0 atom stereocenters. The van der Waals surface area contributed by atoms with Crippen LogP contribution in [0.3, 0.4) is 0 Å². The summed E-state index contributed by atoms with van der Waals surface area (Å²) in [6, 6.07) is 2.39. The fraction of sp³-hybridized carbons (Fsp3) is 0. The lowest BCUT2D eigenvalue weighted by atomic mass is 10.4. The maximum atomic E-state index is 11.1. The summed E-state index contributed by atoms with van der Waals surface area (Å²) in [7, 11) is 0. The molecule has 2 heterocycles. The Bertz CT molecular complexity index is 613. The predicted molar refractivity (Wildman–Crippen MR) is 43.7 cm³/mol. The predicted octanol–water partition coefficient (Wildman–Crippen LogP) is -0.830. The molecule has 0 amide bonds. The van der Waals surface area contributed by atoms with Crippen molar-refractivity contribution in [2.24, 2.45) is 0 Å². The second kappa shape index (κ2) is 2.44. The molecule has 2 N–H and O–H groups in total. The molecule has 0 fully saturated rings. The first-order valence-corrected chi connectivity index (χ1v) is 3.43. The molecule has 6 nitrogen and oxygen atoms in total. The molecule has 0 aliphatic heterocycles. The van der Waals surface area contributed by atoms with E-state index in [-0.39, 0.29) is 11.1 Å². The second-order valence-electron chi connectivity index (χ2n) is 2.41. The van der Waals surface area contributed by atoms with Gasteiger partial charge in [0.05, 0.1) is 0 Å². The van der Waals surface area contributed by atoms with Crippen molar-refractivity contribution in [3.8, 4) is 0 Å². The Morgan fingerprint density at radius 3 is 2.62 bits per heavy atom. The molecule has 0 spiro atoms. The molecule has 0 saturated heterocycles. The van der Waals surface area contributed by atoms with Crippen LogP contribution in [-0.4, -0.2) is 9.97 Å². The van der Waals surface area contributed by atoms with Crippen LogP contribution in [0.5, 0.6) is 0 Å². The van der Waals surface area contributed by atoms with Crippen molar-refractivity contribution in [2.45, 2.75) is 0 Å². The van der Waals surface area contributed by atoms with Crippen LogP contribution in [0.2, 0.25) is 0 Å². The van der Waals surface area contributed by atoms with Gasteiger partial charge in [-0.3, -0.25) is 14.8 Å². The van der Waals surface area contributed by atoms with Crippen molar-refractivity contribution < 1.29 is 4.42 Å². The molecular formula is C7H4N2O4. The van der Waals surface area contributed by atoms with Crippen molar-refractivity contribution in [1.82, 2.24) is 9.97 Å². The molecule has 0 radical (unpaired) electrons. The van der Waals surface area contributed by atoms with E-state index in [9.17, 15) is 14.4 Å². The van der Waals surface area contributed by atoms with Gasteiger partial charge in [0.1, 0.15) is 5.39 Å². The minimum atomic E-state index is -0.702. The summed E-state index contributed by atoms with van der Waals surface area (Å²) in [5, 5.41) is 0.138. The Morgan fingerprint density at radius 2 is 1.85 bits per heavy atom. The molecule has 0 aromatic carbocycles. The number of fused-ring (bicyclic) bond motifs is 1. The zero-order valence-electron chi connectivity index (χ0n) is 6.29. The van der Waals surface area contributed by atoms with Gasteiger partial charge in [-0.15, -0.1) is 0 Å². The van der Waals surface area contributed by atoms with Crippen LogP contribution in [0.1, 0.15) is 0 Å². The van der Waals surface area contributed by atoms with E-state index in [2.05, 4.69) is 9.40 Å². The van der Waals surface area contributed by atoms with Gasteiger partial charge in [0.2, 0.25) is 5.71 Å².